The summed E-state index contributed by atoms with van der Waals surface area (Å²) in [6, 6.07) is 6.85. The van der Waals surface area contributed by atoms with Crippen LogP contribution in [0.15, 0.2) is 30.5 Å². The van der Waals surface area contributed by atoms with Gasteiger partial charge in [0.2, 0.25) is 0 Å². The number of benzene rings is 1. The van der Waals surface area contributed by atoms with E-state index in [-0.39, 0.29) is 41.1 Å². The lowest BCUT2D eigenvalue weighted by Crippen LogP contribution is -2.42. The van der Waals surface area contributed by atoms with Crippen LogP contribution in [0, 0.1) is 11.3 Å². The second-order valence-corrected chi connectivity index (χ2v) is 8.76. The Kier molecular flexibility index (Phi) is 7.12. The van der Waals surface area contributed by atoms with Gasteiger partial charge in [-0.15, -0.1) is 0 Å². The van der Waals surface area contributed by atoms with E-state index in [1.54, 1.807) is 6.07 Å². The van der Waals surface area contributed by atoms with E-state index in [2.05, 4.69) is 20.7 Å². The first kappa shape index (κ1) is 24.7. The zero-order valence-electron chi connectivity index (χ0n) is 18.4. The number of aromatic nitrogens is 3. The van der Waals surface area contributed by atoms with E-state index >= 15 is 0 Å². The number of carbonyl (C=O) groups is 1. The number of halogens is 5. The normalized spacial score (nSPS) is 18.3. The first-order valence-electron chi connectivity index (χ1n) is 11.0. The average molecular weight is 509 g/mol. The Balaban J connectivity index is 1.52. The number of carbonyl (C=O) groups excluding carboxylic acids is 1. The summed E-state index contributed by atoms with van der Waals surface area (Å²) in [5, 5.41) is 20.1. The van der Waals surface area contributed by atoms with E-state index < -0.39 is 24.5 Å². The third-order valence-corrected chi connectivity index (χ3v) is 6.15. The number of rotatable bonds is 6. The Hall–Kier alpha value is -3.39. The molecule has 0 bridgehead atoms. The number of hydrogen-bond acceptors (Lipinski definition) is 5. The summed E-state index contributed by atoms with van der Waals surface area (Å²) in [6.07, 6.45) is -0.841. The molecule has 1 fully saturated rings. The summed E-state index contributed by atoms with van der Waals surface area (Å²) in [4.78, 5) is 16.5. The summed E-state index contributed by atoms with van der Waals surface area (Å²) in [7, 11) is 0. The SMILES string of the molecule is N#Cc1c(C(=O)N[C@@H]2CCC[C@H](Nc3cc(C(F)(F)F)nc4ccc(Cl)cc34)C2)cnn1CCF. The standard InChI is InChI=1S/C23H21ClF4N6O/c24-13-4-5-18-16(8-13)19(10-21(33-18)23(26,27)28)31-14-2-1-3-15(9-14)32-22(35)17-12-30-34(7-6-25)20(17)11-29/h4-5,8,10,12,14-15H,1-3,6-7,9H2,(H,31,33)(H,32,35)/t14-,15+/m0/s1. The van der Waals surface area contributed by atoms with Crippen molar-refractivity contribution in [2.24, 2.45) is 0 Å². The van der Waals surface area contributed by atoms with Crippen LogP contribution < -0.4 is 10.6 Å². The fourth-order valence-corrected chi connectivity index (χ4v) is 4.49. The predicted octanol–water partition coefficient (Wildman–Crippen LogP) is 5.10. The van der Waals surface area contributed by atoms with Crippen LogP contribution in [0.2, 0.25) is 5.02 Å². The van der Waals surface area contributed by atoms with Crippen molar-refractivity contribution in [2.75, 3.05) is 12.0 Å². The Labute approximate surface area is 203 Å². The van der Waals surface area contributed by atoms with Crippen LogP contribution in [0.1, 0.15) is 47.4 Å². The topological polar surface area (TPSA) is 95.6 Å². The van der Waals surface area contributed by atoms with Gasteiger partial charge in [-0.3, -0.25) is 9.48 Å². The lowest BCUT2D eigenvalue weighted by Gasteiger charge is -2.31. The van der Waals surface area contributed by atoms with E-state index in [4.69, 9.17) is 11.6 Å². The number of nitriles is 1. The third-order valence-electron chi connectivity index (χ3n) is 5.92. The van der Waals surface area contributed by atoms with Crippen LogP contribution in [0.4, 0.5) is 23.2 Å². The molecule has 4 rings (SSSR count). The molecule has 2 aromatic heterocycles. The van der Waals surface area contributed by atoms with Crippen molar-refractivity contribution in [1.29, 1.82) is 5.26 Å². The molecule has 1 saturated carbocycles. The van der Waals surface area contributed by atoms with Crippen LogP contribution in [-0.2, 0) is 12.7 Å². The van der Waals surface area contributed by atoms with E-state index in [1.165, 1.54) is 18.3 Å². The van der Waals surface area contributed by atoms with Crippen molar-refractivity contribution >= 4 is 34.1 Å². The van der Waals surface area contributed by atoms with Crippen LogP contribution >= 0.6 is 11.6 Å². The number of nitrogens with one attached hydrogen (secondary N) is 2. The van der Waals surface area contributed by atoms with Gasteiger partial charge >= 0.3 is 6.18 Å². The maximum absolute atomic E-state index is 13.4. The van der Waals surface area contributed by atoms with Crippen molar-refractivity contribution in [1.82, 2.24) is 20.1 Å². The molecule has 1 aliphatic carbocycles. The van der Waals surface area contributed by atoms with Crippen molar-refractivity contribution in [3.63, 3.8) is 0 Å². The number of hydrogen-bond donors (Lipinski definition) is 2. The van der Waals surface area contributed by atoms with Crippen molar-refractivity contribution in [3.8, 4) is 6.07 Å². The molecule has 0 unspecified atom stereocenters. The Morgan fingerprint density at radius 3 is 2.74 bits per heavy atom. The number of amides is 1. The number of pyridine rings is 1. The number of nitrogens with zero attached hydrogens (tertiary/aromatic N) is 4. The largest absolute Gasteiger partial charge is 0.433 e. The van der Waals surface area contributed by atoms with E-state index in [0.29, 0.717) is 29.7 Å². The van der Waals surface area contributed by atoms with Crippen LogP contribution in [-0.4, -0.2) is 39.4 Å². The van der Waals surface area contributed by atoms with Gasteiger partial charge in [-0.05, 0) is 49.9 Å². The van der Waals surface area contributed by atoms with Crippen molar-refractivity contribution in [2.45, 2.75) is 50.5 Å². The summed E-state index contributed by atoms with van der Waals surface area (Å²) in [5.41, 5.74) is -0.543. The second-order valence-electron chi connectivity index (χ2n) is 8.32. The van der Waals surface area contributed by atoms with E-state index in [0.717, 1.165) is 17.2 Å². The minimum absolute atomic E-state index is 0.0227. The Bertz CT molecular complexity index is 1290. The molecule has 0 radical (unpaired) electrons. The fourth-order valence-electron chi connectivity index (χ4n) is 4.32. The molecule has 2 N–H and O–H groups in total. The molecule has 0 saturated heterocycles. The highest BCUT2D eigenvalue weighted by atomic mass is 35.5. The molecule has 184 valence electrons. The highest BCUT2D eigenvalue weighted by Crippen LogP contribution is 2.35. The average Bonchev–Trinajstić information content (AvgIpc) is 3.22. The predicted molar refractivity (Wildman–Crippen MR) is 122 cm³/mol. The number of fused-ring (bicyclic) bond motifs is 1. The lowest BCUT2D eigenvalue weighted by molar-refractivity contribution is -0.140. The van der Waals surface area contributed by atoms with Gasteiger partial charge in [0, 0.05) is 28.2 Å². The molecule has 1 aromatic carbocycles. The first-order chi connectivity index (χ1) is 16.7. The summed E-state index contributed by atoms with van der Waals surface area (Å²) in [5.74, 6) is -0.502. The first-order valence-corrected chi connectivity index (χ1v) is 11.3. The number of aryl methyl sites for hydroxylation is 1. The smallest absolute Gasteiger partial charge is 0.382 e. The number of alkyl halides is 4. The zero-order chi connectivity index (χ0) is 25.2. The molecular formula is C23H21ClF4N6O. The molecule has 3 aromatic rings. The lowest BCUT2D eigenvalue weighted by atomic mass is 9.90. The molecule has 35 heavy (non-hydrogen) atoms. The third kappa shape index (κ3) is 5.48. The van der Waals surface area contributed by atoms with Gasteiger partial charge in [-0.2, -0.15) is 23.5 Å². The second kappa shape index (κ2) is 10.1. The molecule has 1 amide bonds. The Morgan fingerprint density at radius 1 is 1.26 bits per heavy atom. The minimum atomic E-state index is -4.61. The maximum Gasteiger partial charge on any atom is 0.433 e. The van der Waals surface area contributed by atoms with Crippen molar-refractivity contribution in [3.05, 3.63) is 52.4 Å². The van der Waals surface area contributed by atoms with Crippen molar-refractivity contribution < 1.29 is 22.4 Å². The molecule has 0 aliphatic heterocycles. The maximum atomic E-state index is 13.4. The molecule has 2 heterocycles. The van der Waals surface area contributed by atoms with Gasteiger partial charge in [0.05, 0.1) is 23.8 Å². The summed E-state index contributed by atoms with van der Waals surface area (Å²) >= 11 is 6.07. The van der Waals surface area contributed by atoms with Gasteiger partial charge in [-0.1, -0.05) is 11.6 Å². The number of anilines is 1. The quantitative estimate of drug-likeness (QED) is 0.452. The molecule has 1 aliphatic rings. The Morgan fingerprint density at radius 2 is 2.03 bits per heavy atom. The minimum Gasteiger partial charge on any atom is -0.382 e. The highest BCUT2D eigenvalue weighted by molar-refractivity contribution is 6.31. The zero-order valence-corrected chi connectivity index (χ0v) is 19.1. The van der Waals surface area contributed by atoms with Gasteiger partial charge < -0.3 is 10.6 Å². The molecule has 12 heteroatoms. The fraction of sp³-hybridized carbons (Fsp3) is 0.391. The van der Waals surface area contributed by atoms with Gasteiger partial charge in [0.1, 0.15) is 18.4 Å². The summed E-state index contributed by atoms with van der Waals surface area (Å²) in [6.45, 7) is -0.853. The van der Waals surface area contributed by atoms with Gasteiger partial charge in [0.25, 0.3) is 5.91 Å². The van der Waals surface area contributed by atoms with Crippen LogP contribution in [0.5, 0.6) is 0 Å². The summed E-state index contributed by atoms with van der Waals surface area (Å²) < 4.78 is 54.0. The van der Waals surface area contributed by atoms with E-state index in [9.17, 15) is 27.6 Å². The van der Waals surface area contributed by atoms with Gasteiger partial charge in [-0.25, -0.2) is 9.37 Å². The molecular weight excluding hydrogens is 488 g/mol. The van der Waals surface area contributed by atoms with Crippen LogP contribution in [0.3, 0.4) is 0 Å². The molecule has 0 spiro atoms. The van der Waals surface area contributed by atoms with E-state index in [1.807, 2.05) is 6.07 Å². The molecule has 2 atom stereocenters. The highest BCUT2D eigenvalue weighted by Gasteiger charge is 2.34. The molecule has 7 nitrogen and oxygen atoms in total. The van der Waals surface area contributed by atoms with Crippen LogP contribution in [0.25, 0.3) is 10.9 Å². The monoisotopic (exact) mass is 508 g/mol. The van der Waals surface area contributed by atoms with Gasteiger partial charge in [0.15, 0.2) is 5.69 Å².